The number of benzene rings is 3. The Morgan fingerprint density at radius 3 is 1.97 bits per heavy atom. The van der Waals surface area contributed by atoms with Crippen LogP contribution in [0.3, 0.4) is 0 Å². The smallest absolute Gasteiger partial charge is 0.341 e. The number of carbonyl (C=O) groups is 2. The third-order valence-electron chi connectivity index (χ3n) is 4.20. The first-order valence-corrected chi connectivity index (χ1v) is 8.62. The first kappa shape index (κ1) is 20.0. The molecule has 0 spiro atoms. The summed E-state index contributed by atoms with van der Waals surface area (Å²) >= 11 is 0. The number of halogens is 2. The van der Waals surface area contributed by atoms with Crippen LogP contribution in [0, 0.1) is 11.6 Å². The molecule has 0 heterocycles. The van der Waals surface area contributed by atoms with E-state index >= 15 is 0 Å². The minimum Gasteiger partial charge on any atom is -0.480 e. The molecule has 0 aliphatic rings. The highest BCUT2D eigenvalue weighted by Crippen LogP contribution is 2.32. The number of amides is 1. The number of methoxy groups -OCH3 is 1. The van der Waals surface area contributed by atoms with Crippen molar-refractivity contribution in [3.63, 3.8) is 0 Å². The number of rotatable bonds is 7. The predicted molar refractivity (Wildman–Crippen MR) is 103 cm³/mol. The summed E-state index contributed by atoms with van der Waals surface area (Å²) in [5.74, 6) is -1.30. The van der Waals surface area contributed by atoms with Gasteiger partial charge < -0.3 is 14.8 Å². The van der Waals surface area contributed by atoms with E-state index in [1.54, 1.807) is 30.3 Å². The Kier molecular flexibility index (Phi) is 6.19. The van der Waals surface area contributed by atoms with Crippen molar-refractivity contribution in [1.29, 1.82) is 0 Å². The lowest BCUT2D eigenvalue weighted by atomic mass is 10.0. The lowest BCUT2D eigenvalue weighted by Gasteiger charge is -2.22. The molecule has 3 aromatic carbocycles. The number of hydrogen-bond acceptors (Lipinski definition) is 4. The molecule has 0 aliphatic carbocycles. The van der Waals surface area contributed by atoms with Gasteiger partial charge in [0.05, 0.1) is 7.11 Å². The van der Waals surface area contributed by atoms with Gasteiger partial charge in [-0.1, -0.05) is 24.3 Å². The van der Waals surface area contributed by atoms with Gasteiger partial charge >= 0.3 is 5.97 Å². The summed E-state index contributed by atoms with van der Waals surface area (Å²) in [4.78, 5) is 22.9. The predicted octanol–water partition coefficient (Wildman–Crippen LogP) is 4.49. The molecule has 3 rings (SSSR count). The molecule has 0 bridgehead atoms. The number of nitrogens with one attached hydrogen (secondary N) is 1. The van der Waals surface area contributed by atoms with Crippen molar-refractivity contribution in [3.05, 3.63) is 95.1 Å². The molecule has 3 aromatic rings. The molecule has 7 heteroatoms. The van der Waals surface area contributed by atoms with Gasteiger partial charge in [0.15, 0.2) is 0 Å². The second-order valence-corrected chi connectivity index (χ2v) is 6.07. The maximum atomic E-state index is 13.4. The summed E-state index contributed by atoms with van der Waals surface area (Å²) in [5, 5.41) is 2.46. The van der Waals surface area contributed by atoms with Crippen LogP contribution in [-0.2, 0) is 9.53 Å². The monoisotopic (exact) mass is 397 g/mol. The van der Waals surface area contributed by atoms with Gasteiger partial charge in [-0.15, -0.1) is 0 Å². The molecule has 5 nitrogen and oxygen atoms in total. The Morgan fingerprint density at radius 2 is 1.48 bits per heavy atom. The van der Waals surface area contributed by atoms with E-state index in [2.05, 4.69) is 5.32 Å². The zero-order chi connectivity index (χ0) is 20.8. The van der Waals surface area contributed by atoms with Gasteiger partial charge in [0.25, 0.3) is 0 Å². The maximum absolute atomic E-state index is 13.4. The molecule has 0 radical (unpaired) electrons. The van der Waals surface area contributed by atoms with Crippen molar-refractivity contribution in [2.45, 2.75) is 6.10 Å². The Labute approximate surface area is 165 Å². The van der Waals surface area contributed by atoms with Crippen molar-refractivity contribution < 1.29 is 27.8 Å². The fourth-order valence-electron chi connectivity index (χ4n) is 2.79. The Bertz CT molecular complexity index is 959. The van der Waals surface area contributed by atoms with Crippen molar-refractivity contribution in [2.75, 3.05) is 12.4 Å². The number of carbonyl (C=O) groups excluding carboxylic acids is 2. The summed E-state index contributed by atoms with van der Waals surface area (Å²) in [5.41, 5.74) is 1.68. The fourth-order valence-corrected chi connectivity index (χ4v) is 2.79. The van der Waals surface area contributed by atoms with Crippen molar-refractivity contribution in [2.24, 2.45) is 0 Å². The van der Waals surface area contributed by atoms with Crippen LogP contribution in [0.5, 0.6) is 5.75 Å². The number of ether oxygens (including phenoxy) is 2. The van der Waals surface area contributed by atoms with Crippen molar-refractivity contribution in [3.8, 4) is 5.75 Å². The summed E-state index contributed by atoms with van der Waals surface area (Å²) in [6.45, 7) is 0. The molecule has 0 saturated heterocycles. The van der Waals surface area contributed by atoms with Crippen LogP contribution < -0.4 is 10.1 Å². The first-order chi connectivity index (χ1) is 14.0. The quantitative estimate of drug-likeness (QED) is 0.471. The second-order valence-electron chi connectivity index (χ2n) is 6.07. The van der Waals surface area contributed by atoms with E-state index in [1.807, 2.05) is 0 Å². The topological polar surface area (TPSA) is 64.6 Å². The van der Waals surface area contributed by atoms with Crippen LogP contribution in [0.4, 0.5) is 14.5 Å². The van der Waals surface area contributed by atoms with E-state index in [0.29, 0.717) is 23.2 Å². The molecule has 0 unspecified atom stereocenters. The number of esters is 1. The molecular weight excluding hydrogens is 380 g/mol. The standard InChI is InChI=1S/C22H17F2NO4/c1-28-22(27)19-12-18(25-13-26)10-11-20(19)29-21(14-2-6-16(23)7-3-14)15-4-8-17(24)9-5-15/h2-13,21H,1H3,(H,25,26). The lowest BCUT2D eigenvalue weighted by Crippen LogP contribution is -2.13. The minimum absolute atomic E-state index is 0.0913. The van der Waals surface area contributed by atoms with Crippen molar-refractivity contribution in [1.82, 2.24) is 0 Å². The lowest BCUT2D eigenvalue weighted by molar-refractivity contribution is -0.105. The molecule has 148 valence electrons. The molecule has 29 heavy (non-hydrogen) atoms. The normalized spacial score (nSPS) is 10.5. The average Bonchev–Trinajstić information content (AvgIpc) is 2.74. The van der Waals surface area contributed by atoms with E-state index < -0.39 is 23.7 Å². The van der Waals surface area contributed by atoms with Gasteiger partial charge in [-0.05, 0) is 53.6 Å². The summed E-state index contributed by atoms with van der Waals surface area (Å²) in [6, 6.07) is 15.8. The zero-order valence-corrected chi connectivity index (χ0v) is 15.4. The SMILES string of the molecule is COC(=O)c1cc(NC=O)ccc1OC(c1ccc(F)cc1)c1ccc(F)cc1. The van der Waals surface area contributed by atoms with Gasteiger partial charge in [0.1, 0.15) is 29.1 Å². The van der Waals surface area contributed by atoms with Crippen LogP contribution >= 0.6 is 0 Å². The summed E-state index contributed by atoms with van der Waals surface area (Å²) < 4.78 is 37.6. The van der Waals surface area contributed by atoms with Gasteiger partial charge in [0, 0.05) is 5.69 Å². The molecule has 0 fully saturated rings. The molecule has 1 amide bonds. The van der Waals surface area contributed by atoms with Gasteiger partial charge in [-0.25, -0.2) is 13.6 Å². The molecule has 0 saturated carbocycles. The van der Waals surface area contributed by atoms with Gasteiger partial charge in [0.2, 0.25) is 6.41 Å². The van der Waals surface area contributed by atoms with E-state index in [-0.39, 0.29) is 11.3 Å². The molecule has 1 N–H and O–H groups in total. The van der Waals surface area contributed by atoms with E-state index in [9.17, 15) is 18.4 Å². The largest absolute Gasteiger partial charge is 0.480 e. The fraction of sp³-hybridized carbons (Fsp3) is 0.0909. The number of anilines is 1. The molecular formula is C22H17F2NO4. The summed E-state index contributed by atoms with van der Waals surface area (Å²) in [7, 11) is 1.23. The Hall–Kier alpha value is -3.74. The Balaban J connectivity index is 2.05. The third-order valence-corrected chi connectivity index (χ3v) is 4.20. The highest BCUT2D eigenvalue weighted by atomic mass is 19.1. The van der Waals surface area contributed by atoms with E-state index in [0.717, 1.165) is 0 Å². The van der Waals surface area contributed by atoms with E-state index in [4.69, 9.17) is 9.47 Å². The van der Waals surface area contributed by atoms with Crippen molar-refractivity contribution >= 4 is 18.1 Å². The van der Waals surface area contributed by atoms with Crippen LogP contribution in [0.25, 0.3) is 0 Å². The number of hydrogen-bond donors (Lipinski definition) is 1. The third kappa shape index (κ3) is 4.76. The zero-order valence-electron chi connectivity index (χ0n) is 15.4. The van der Waals surface area contributed by atoms with Crippen LogP contribution in [-0.4, -0.2) is 19.5 Å². The highest BCUT2D eigenvalue weighted by Gasteiger charge is 2.21. The van der Waals surface area contributed by atoms with Crippen LogP contribution in [0.2, 0.25) is 0 Å². The Morgan fingerprint density at radius 1 is 0.931 bits per heavy atom. The van der Waals surface area contributed by atoms with Crippen LogP contribution in [0.15, 0.2) is 66.7 Å². The molecule has 0 atom stereocenters. The maximum Gasteiger partial charge on any atom is 0.341 e. The minimum atomic E-state index is -0.746. The van der Waals surface area contributed by atoms with E-state index in [1.165, 1.54) is 43.5 Å². The highest BCUT2D eigenvalue weighted by molar-refractivity contribution is 5.94. The summed E-state index contributed by atoms with van der Waals surface area (Å²) in [6.07, 6.45) is -0.263. The first-order valence-electron chi connectivity index (χ1n) is 8.62. The molecule has 0 aliphatic heterocycles. The van der Waals surface area contributed by atoms with Crippen LogP contribution in [0.1, 0.15) is 27.6 Å². The van der Waals surface area contributed by atoms with Gasteiger partial charge in [-0.2, -0.15) is 0 Å². The van der Waals surface area contributed by atoms with Gasteiger partial charge in [-0.3, -0.25) is 4.79 Å². The molecule has 0 aromatic heterocycles. The average molecular weight is 397 g/mol. The second kappa shape index (κ2) is 8.97.